The Bertz CT molecular complexity index is 538. The largest absolute Gasteiger partial charge is 0.323 e. The van der Waals surface area contributed by atoms with Crippen molar-refractivity contribution in [1.82, 2.24) is 0 Å². The lowest BCUT2D eigenvalue weighted by molar-refractivity contribution is 0.0917. The molecule has 2 unspecified atom stereocenters. The highest BCUT2D eigenvalue weighted by Crippen LogP contribution is 2.28. The summed E-state index contributed by atoms with van der Waals surface area (Å²) < 4.78 is 0.624. The monoisotopic (exact) mass is 279 g/mol. The summed E-state index contributed by atoms with van der Waals surface area (Å²) in [7, 11) is 0. The Labute approximate surface area is 115 Å². The molecule has 2 nitrogen and oxygen atoms in total. The Hall–Kier alpha value is -1.16. The van der Waals surface area contributed by atoms with Crippen LogP contribution in [0.2, 0.25) is 4.34 Å². The highest BCUT2D eigenvalue weighted by atomic mass is 35.5. The molecule has 0 radical (unpaired) electrons. The average molecular weight is 280 g/mol. The number of carbonyl (C=O) groups is 1. The van der Waals surface area contributed by atoms with Gasteiger partial charge < -0.3 is 5.73 Å². The number of rotatable bonds is 4. The molecule has 1 aromatic carbocycles. The van der Waals surface area contributed by atoms with Crippen molar-refractivity contribution in [1.29, 1.82) is 0 Å². The molecule has 0 saturated heterocycles. The number of ketones is 1. The molecule has 2 atom stereocenters. The number of nitrogens with two attached hydrogens (primary N) is 1. The Morgan fingerprint density at radius 1 is 1.22 bits per heavy atom. The predicted molar refractivity (Wildman–Crippen MR) is 76.2 cm³/mol. The van der Waals surface area contributed by atoms with Crippen LogP contribution in [0.3, 0.4) is 0 Å². The summed E-state index contributed by atoms with van der Waals surface area (Å²) >= 11 is 7.14. The van der Waals surface area contributed by atoms with Gasteiger partial charge in [0.1, 0.15) is 0 Å². The SMILES string of the molecule is CC(C(=O)c1ccc(Cl)s1)C(N)c1ccccc1. The van der Waals surface area contributed by atoms with Gasteiger partial charge >= 0.3 is 0 Å². The van der Waals surface area contributed by atoms with Gasteiger partial charge in [-0.25, -0.2) is 0 Å². The van der Waals surface area contributed by atoms with Crippen LogP contribution in [-0.4, -0.2) is 5.78 Å². The van der Waals surface area contributed by atoms with Gasteiger partial charge in [-0.1, -0.05) is 48.9 Å². The van der Waals surface area contributed by atoms with Gasteiger partial charge in [0.05, 0.1) is 9.21 Å². The molecule has 1 heterocycles. The van der Waals surface area contributed by atoms with Gasteiger partial charge in [-0.05, 0) is 17.7 Å². The van der Waals surface area contributed by atoms with Crippen molar-refractivity contribution in [2.75, 3.05) is 0 Å². The summed E-state index contributed by atoms with van der Waals surface area (Å²) in [5.41, 5.74) is 7.11. The molecule has 2 aromatic rings. The van der Waals surface area contributed by atoms with Crippen LogP contribution in [-0.2, 0) is 0 Å². The van der Waals surface area contributed by atoms with E-state index >= 15 is 0 Å². The van der Waals surface area contributed by atoms with Crippen molar-refractivity contribution in [3.05, 3.63) is 57.2 Å². The van der Waals surface area contributed by atoms with Crippen molar-refractivity contribution in [3.8, 4) is 0 Å². The van der Waals surface area contributed by atoms with E-state index in [0.29, 0.717) is 9.21 Å². The van der Waals surface area contributed by atoms with E-state index in [-0.39, 0.29) is 17.7 Å². The van der Waals surface area contributed by atoms with E-state index in [2.05, 4.69) is 0 Å². The summed E-state index contributed by atoms with van der Waals surface area (Å²) in [5, 5.41) is 0. The van der Waals surface area contributed by atoms with Gasteiger partial charge in [-0.3, -0.25) is 4.79 Å². The summed E-state index contributed by atoms with van der Waals surface area (Å²) in [5.74, 6) is -0.217. The zero-order valence-corrected chi connectivity index (χ0v) is 11.5. The van der Waals surface area contributed by atoms with E-state index < -0.39 is 0 Å². The lowest BCUT2D eigenvalue weighted by Crippen LogP contribution is -2.25. The fourth-order valence-electron chi connectivity index (χ4n) is 1.80. The lowest BCUT2D eigenvalue weighted by atomic mass is 9.91. The Morgan fingerprint density at radius 3 is 2.44 bits per heavy atom. The van der Waals surface area contributed by atoms with E-state index in [1.165, 1.54) is 11.3 Å². The molecule has 0 aliphatic carbocycles. The second-order valence-corrected chi connectivity index (χ2v) is 5.91. The highest BCUT2D eigenvalue weighted by Gasteiger charge is 2.24. The number of halogens is 1. The minimum atomic E-state index is -0.292. The van der Waals surface area contributed by atoms with E-state index in [9.17, 15) is 4.79 Å². The van der Waals surface area contributed by atoms with Crippen LogP contribution in [0, 0.1) is 5.92 Å². The van der Waals surface area contributed by atoms with E-state index in [1.807, 2.05) is 37.3 Å². The van der Waals surface area contributed by atoms with Crippen molar-refractivity contribution in [3.63, 3.8) is 0 Å². The summed E-state index contributed by atoms with van der Waals surface area (Å²) in [6.45, 7) is 1.85. The maximum atomic E-state index is 12.2. The number of hydrogen-bond donors (Lipinski definition) is 1. The first kappa shape index (κ1) is 13.3. The molecule has 4 heteroatoms. The fraction of sp³-hybridized carbons (Fsp3) is 0.214. The molecule has 18 heavy (non-hydrogen) atoms. The fourth-order valence-corrected chi connectivity index (χ4v) is 2.88. The Kier molecular flexibility index (Phi) is 4.17. The number of Topliss-reactive ketones (excluding diaryl/α,β-unsaturated/α-hetero) is 1. The van der Waals surface area contributed by atoms with E-state index in [4.69, 9.17) is 17.3 Å². The first-order valence-corrected chi connectivity index (χ1v) is 6.89. The Morgan fingerprint density at radius 2 is 1.89 bits per heavy atom. The van der Waals surface area contributed by atoms with Gasteiger partial charge in [-0.15, -0.1) is 11.3 Å². The van der Waals surface area contributed by atoms with Crippen molar-refractivity contribution in [2.45, 2.75) is 13.0 Å². The summed E-state index contributed by atoms with van der Waals surface area (Å²) in [6.07, 6.45) is 0. The lowest BCUT2D eigenvalue weighted by Gasteiger charge is -2.18. The third kappa shape index (κ3) is 2.80. The quantitative estimate of drug-likeness (QED) is 0.862. The second kappa shape index (κ2) is 5.65. The average Bonchev–Trinajstić information content (AvgIpc) is 2.84. The minimum absolute atomic E-state index is 0.0447. The molecule has 0 fully saturated rings. The molecule has 0 amide bonds. The van der Waals surface area contributed by atoms with Crippen LogP contribution < -0.4 is 5.73 Å². The Balaban J connectivity index is 2.16. The molecule has 2 N–H and O–H groups in total. The zero-order chi connectivity index (χ0) is 13.1. The first-order valence-electron chi connectivity index (χ1n) is 5.69. The first-order chi connectivity index (χ1) is 8.59. The summed E-state index contributed by atoms with van der Waals surface area (Å²) in [4.78, 5) is 12.9. The molecule has 0 aliphatic heterocycles. The highest BCUT2D eigenvalue weighted by molar-refractivity contribution is 7.18. The molecular weight excluding hydrogens is 266 g/mol. The smallest absolute Gasteiger partial charge is 0.177 e. The zero-order valence-electron chi connectivity index (χ0n) is 9.97. The van der Waals surface area contributed by atoms with Crippen LogP contribution in [0.25, 0.3) is 0 Å². The number of carbonyl (C=O) groups excluding carboxylic acids is 1. The van der Waals surface area contributed by atoms with Crippen molar-refractivity contribution < 1.29 is 4.79 Å². The third-order valence-corrected chi connectivity index (χ3v) is 4.20. The van der Waals surface area contributed by atoms with Gasteiger partial charge in [0, 0.05) is 12.0 Å². The normalized spacial score (nSPS) is 14.2. The van der Waals surface area contributed by atoms with Crippen LogP contribution in [0.5, 0.6) is 0 Å². The molecule has 1 aromatic heterocycles. The second-order valence-electron chi connectivity index (χ2n) is 4.19. The van der Waals surface area contributed by atoms with E-state index in [0.717, 1.165) is 5.56 Å². The minimum Gasteiger partial charge on any atom is -0.323 e. The van der Waals surface area contributed by atoms with Crippen molar-refractivity contribution >= 4 is 28.7 Å². The van der Waals surface area contributed by atoms with Gasteiger partial charge in [0.15, 0.2) is 5.78 Å². The van der Waals surface area contributed by atoms with Crippen LogP contribution in [0.1, 0.15) is 28.2 Å². The number of hydrogen-bond acceptors (Lipinski definition) is 3. The maximum absolute atomic E-state index is 12.2. The van der Waals surface area contributed by atoms with Crippen LogP contribution >= 0.6 is 22.9 Å². The third-order valence-electron chi connectivity index (χ3n) is 2.95. The number of thiophene rings is 1. The van der Waals surface area contributed by atoms with Gasteiger partial charge in [-0.2, -0.15) is 0 Å². The standard InChI is InChI=1S/C14H14ClNOS/c1-9(13(16)10-5-3-2-4-6-10)14(17)11-7-8-12(15)18-11/h2-9,13H,16H2,1H3. The maximum Gasteiger partial charge on any atom is 0.177 e. The molecule has 0 aliphatic rings. The van der Waals surface area contributed by atoms with Gasteiger partial charge in [0.25, 0.3) is 0 Å². The molecule has 2 rings (SSSR count). The summed E-state index contributed by atoms with van der Waals surface area (Å²) in [6, 6.07) is 12.9. The molecule has 94 valence electrons. The molecule has 0 bridgehead atoms. The molecule has 0 spiro atoms. The van der Waals surface area contributed by atoms with E-state index in [1.54, 1.807) is 12.1 Å². The van der Waals surface area contributed by atoms with Crippen LogP contribution in [0.4, 0.5) is 0 Å². The van der Waals surface area contributed by atoms with Crippen LogP contribution in [0.15, 0.2) is 42.5 Å². The van der Waals surface area contributed by atoms with Crippen molar-refractivity contribution in [2.24, 2.45) is 11.7 Å². The molecular formula is C14H14ClNOS. The number of benzene rings is 1. The molecule has 0 saturated carbocycles. The predicted octanol–water partition coefficient (Wildman–Crippen LogP) is 3.92. The topological polar surface area (TPSA) is 43.1 Å². The van der Waals surface area contributed by atoms with Gasteiger partial charge in [0.2, 0.25) is 0 Å².